The average molecular weight is 519 g/mol. The lowest BCUT2D eigenvalue weighted by molar-refractivity contribution is -0.394. The lowest BCUT2D eigenvalue weighted by Gasteiger charge is -2.23. The number of hydrogen-bond acceptors (Lipinski definition) is 7. The molecular formula is C22H19ClN4O7S. The Kier molecular flexibility index (Phi) is 8.12. The zero-order chi connectivity index (χ0) is 25.6. The van der Waals surface area contributed by atoms with Crippen LogP contribution in [0.3, 0.4) is 0 Å². The van der Waals surface area contributed by atoms with Crippen LogP contribution >= 0.6 is 11.6 Å². The third-order valence-electron chi connectivity index (χ3n) is 4.86. The Labute approximate surface area is 205 Å². The fourth-order valence-corrected chi connectivity index (χ4v) is 4.38. The molecule has 0 aliphatic rings. The normalized spacial score (nSPS) is 11.1. The Hall–Kier alpha value is -3.87. The Bertz CT molecular complexity index is 1320. The summed E-state index contributed by atoms with van der Waals surface area (Å²) in [7, 11) is -3.80. The van der Waals surface area contributed by atoms with Crippen molar-refractivity contribution in [3.05, 3.63) is 104 Å². The molecule has 0 spiro atoms. The fraction of sp³-hybridized carbons (Fsp3) is 0.136. The van der Waals surface area contributed by atoms with Gasteiger partial charge in [-0.2, -0.15) is 0 Å². The molecule has 0 aliphatic carbocycles. The zero-order valence-corrected chi connectivity index (χ0v) is 19.6. The summed E-state index contributed by atoms with van der Waals surface area (Å²) in [5.41, 5.74) is -0.985. The molecule has 0 fully saturated rings. The fourth-order valence-electron chi connectivity index (χ4n) is 3.18. The number of carbonyl (C=O) groups excluding carboxylic acids is 1. The second kappa shape index (κ2) is 11.0. The van der Waals surface area contributed by atoms with Crippen molar-refractivity contribution in [3.8, 4) is 0 Å². The molecule has 0 aliphatic heterocycles. The Morgan fingerprint density at radius 1 is 0.914 bits per heavy atom. The summed E-state index contributed by atoms with van der Waals surface area (Å²) in [6.07, 6.45) is 0.185. The maximum atomic E-state index is 13.3. The Balaban J connectivity index is 1.80. The molecule has 35 heavy (non-hydrogen) atoms. The molecule has 0 aromatic heterocycles. The predicted molar refractivity (Wildman–Crippen MR) is 129 cm³/mol. The van der Waals surface area contributed by atoms with Crippen LogP contribution in [0.1, 0.15) is 16.8 Å². The monoisotopic (exact) mass is 518 g/mol. The van der Waals surface area contributed by atoms with Gasteiger partial charge in [0.2, 0.25) is 10.0 Å². The SMILES string of the molecule is O=C(c1cc([N+](=O)[O-])cc([N+](=O)[O-])c1)N(CCCNS(=O)(=O)c1ccc(Cl)cc1)c1ccccc1. The van der Waals surface area contributed by atoms with Crippen molar-refractivity contribution in [3.63, 3.8) is 0 Å². The molecule has 3 aromatic carbocycles. The van der Waals surface area contributed by atoms with Crippen molar-refractivity contribution in [2.45, 2.75) is 11.3 Å². The Morgan fingerprint density at radius 2 is 1.49 bits per heavy atom. The number of carbonyl (C=O) groups is 1. The van der Waals surface area contributed by atoms with Crippen molar-refractivity contribution in [1.82, 2.24) is 4.72 Å². The number of non-ortho nitro benzene ring substituents is 2. The van der Waals surface area contributed by atoms with Gasteiger partial charge in [0, 0.05) is 35.9 Å². The molecule has 0 saturated carbocycles. The number of para-hydroxylation sites is 1. The molecule has 11 nitrogen and oxygen atoms in total. The van der Waals surface area contributed by atoms with E-state index in [2.05, 4.69) is 4.72 Å². The number of nitrogens with one attached hydrogen (secondary N) is 1. The number of nitrogens with zero attached hydrogens (tertiary/aromatic N) is 3. The predicted octanol–water partition coefficient (Wildman–Crippen LogP) is 4.17. The summed E-state index contributed by atoms with van der Waals surface area (Å²) >= 11 is 5.79. The molecule has 1 amide bonds. The molecule has 0 unspecified atom stereocenters. The summed E-state index contributed by atoms with van der Waals surface area (Å²) < 4.78 is 27.3. The highest BCUT2D eigenvalue weighted by Gasteiger charge is 2.24. The second-order valence-corrected chi connectivity index (χ2v) is 9.45. The number of nitro benzene ring substituents is 2. The molecule has 1 N–H and O–H groups in total. The summed E-state index contributed by atoms with van der Waals surface area (Å²) in [5, 5.41) is 22.8. The molecule has 182 valence electrons. The summed E-state index contributed by atoms with van der Waals surface area (Å²) in [5.74, 6) is -0.705. The topological polar surface area (TPSA) is 153 Å². The van der Waals surface area contributed by atoms with Crippen LogP contribution in [0.25, 0.3) is 0 Å². The quantitative estimate of drug-likeness (QED) is 0.240. The average Bonchev–Trinajstić information content (AvgIpc) is 2.84. The van der Waals surface area contributed by atoms with E-state index in [1.54, 1.807) is 30.3 Å². The number of benzene rings is 3. The molecule has 3 rings (SSSR count). The highest BCUT2D eigenvalue weighted by molar-refractivity contribution is 7.89. The minimum atomic E-state index is -3.80. The van der Waals surface area contributed by atoms with Gasteiger partial charge in [-0.05, 0) is 42.8 Å². The van der Waals surface area contributed by atoms with E-state index in [4.69, 9.17) is 11.6 Å². The lowest BCUT2D eigenvalue weighted by Crippen LogP contribution is -2.34. The van der Waals surface area contributed by atoms with Crippen LogP contribution in [0, 0.1) is 20.2 Å². The summed E-state index contributed by atoms with van der Waals surface area (Å²) in [6, 6.07) is 16.7. The van der Waals surface area contributed by atoms with Gasteiger partial charge in [0.05, 0.1) is 26.4 Å². The smallest absolute Gasteiger partial charge is 0.277 e. The molecule has 13 heteroatoms. The van der Waals surface area contributed by atoms with Crippen LogP contribution in [-0.2, 0) is 10.0 Å². The number of halogens is 1. The maximum absolute atomic E-state index is 13.3. The number of sulfonamides is 1. The second-order valence-electron chi connectivity index (χ2n) is 7.25. The van der Waals surface area contributed by atoms with E-state index in [0.29, 0.717) is 10.7 Å². The van der Waals surface area contributed by atoms with Crippen molar-refractivity contribution in [1.29, 1.82) is 0 Å². The third kappa shape index (κ3) is 6.59. The lowest BCUT2D eigenvalue weighted by atomic mass is 10.1. The van der Waals surface area contributed by atoms with E-state index in [9.17, 15) is 33.4 Å². The van der Waals surface area contributed by atoms with Crippen LogP contribution in [0.2, 0.25) is 5.02 Å². The number of rotatable bonds is 10. The minimum absolute atomic E-state index is 0.0172. The molecule has 0 radical (unpaired) electrons. The van der Waals surface area contributed by atoms with Crippen LogP contribution in [0.5, 0.6) is 0 Å². The van der Waals surface area contributed by atoms with E-state index >= 15 is 0 Å². The van der Waals surface area contributed by atoms with Crippen molar-refractivity contribution in [2.75, 3.05) is 18.0 Å². The van der Waals surface area contributed by atoms with Crippen molar-refractivity contribution >= 4 is 44.6 Å². The molecule has 0 heterocycles. The molecule has 0 bridgehead atoms. The van der Waals surface area contributed by atoms with E-state index in [1.165, 1.54) is 29.2 Å². The maximum Gasteiger partial charge on any atom is 0.277 e. The van der Waals surface area contributed by atoms with E-state index in [1.807, 2.05) is 0 Å². The first-order chi connectivity index (χ1) is 16.6. The first-order valence-electron chi connectivity index (χ1n) is 10.1. The van der Waals surface area contributed by atoms with Crippen LogP contribution < -0.4 is 9.62 Å². The summed E-state index contributed by atoms with van der Waals surface area (Å²) in [6.45, 7) is 0.0130. The van der Waals surface area contributed by atoms with Crippen LogP contribution in [0.15, 0.2) is 77.7 Å². The van der Waals surface area contributed by atoms with Crippen LogP contribution in [0.4, 0.5) is 17.1 Å². The summed E-state index contributed by atoms with van der Waals surface area (Å²) in [4.78, 5) is 35.4. The van der Waals surface area contributed by atoms with E-state index in [-0.39, 0.29) is 30.0 Å². The zero-order valence-electron chi connectivity index (χ0n) is 18.0. The van der Waals surface area contributed by atoms with Gasteiger partial charge in [-0.3, -0.25) is 25.0 Å². The molecular weight excluding hydrogens is 500 g/mol. The number of anilines is 1. The first-order valence-corrected chi connectivity index (χ1v) is 12.0. The van der Waals surface area contributed by atoms with Gasteiger partial charge >= 0.3 is 0 Å². The largest absolute Gasteiger partial charge is 0.308 e. The van der Waals surface area contributed by atoms with Gasteiger partial charge in [0.15, 0.2) is 0 Å². The number of hydrogen-bond donors (Lipinski definition) is 1. The number of nitro groups is 2. The minimum Gasteiger partial charge on any atom is -0.308 e. The van der Waals surface area contributed by atoms with Crippen LogP contribution in [-0.4, -0.2) is 37.3 Å². The molecule has 0 atom stereocenters. The molecule has 3 aromatic rings. The van der Waals surface area contributed by atoms with Gasteiger partial charge in [-0.15, -0.1) is 0 Å². The standard InChI is InChI=1S/C22H19ClN4O7S/c23-17-7-9-21(10-8-17)35(33,34)24-11-4-12-25(18-5-2-1-3-6-18)22(28)16-13-19(26(29)30)15-20(14-16)27(31)32/h1-3,5-10,13-15,24H,4,11-12H2. The van der Waals surface area contributed by atoms with Crippen molar-refractivity contribution in [2.24, 2.45) is 0 Å². The van der Waals surface area contributed by atoms with E-state index in [0.717, 1.165) is 18.2 Å². The van der Waals surface area contributed by atoms with Gasteiger partial charge in [-0.1, -0.05) is 29.8 Å². The van der Waals surface area contributed by atoms with Gasteiger partial charge in [0.25, 0.3) is 17.3 Å². The number of amides is 1. The molecule has 0 saturated heterocycles. The van der Waals surface area contributed by atoms with Gasteiger partial charge < -0.3 is 4.90 Å². The first kappa shape index (κ1) is 25.7. The van der Waals surface area contributed by atoms with Gasteiger partial charge in [0.1, 0.15) is 0 Å². The van der Waals surface area contributed by atoms with E-state index < -0.39 is 37.2 Å². The van der Waals surface area contributed by atoms with Crippen molar-refractivity contribution < 1.29 is 23.1 Å². The Morgan fingerprint density at radius 3 is 2.03 bits per heavy atom. The van der Waals surface area contributed by atoms with Gasteiger partial charge in [-0.25, -0.2) is 13.1 Å². The third-order valence-corrected chi connectivity index (χ3v) is 6.59. The highest BCUT2D eigenvalue weighted by Crippen LogP contribution is 2.25. The highest BCUT2D eigenvalue weighted by atomic mass is 35.5.